The van der Waals surface area contributed by atoms with E-state index in [2.05, 4.69) is 14.6 Å². The summed E-state index contributed by atoms with van der Waals surface area (Å²) >= 11 is 0. The summed E-state index contributed by atoms with van der Waals surface area (Å²) < 4.78 is 3.96. The first kappa shape index (κ1) is 11.8. The minimum Gasteiger partial charge on any atom is -0.351 e. The average molecular weight is 260 g/mol. The molecule has 1 aliphatic heterocycles. The number of rotatable bonds is 2. The molecule has 2 N–H and O–H groups in total. The van der Waals surface area contributed by atoms with Gasteiger partial charge in [-0.05, 0) is 6.07 Å². The molecule has 3 rings (SSSR count). The Balaban J connectivity index is 1.82. The van der Waals surface area contributed by atoms with Gasteiger partial charge in [0.25, 0.3) is 0 Å². The van der Waals surface area contributed by atoms with Gasteiger partial charge in [-0.1, -0.05) is 0 Å². The predicted octanol–water partition coefficient (Wildman–Crippen LogP) is 0.290. The normalized spacial score (nSPS) is 18.9. The van der Waals surface area contributed by atoms with Crippen molar-refractivity contribution < 1.29 is 4.79 Å². The van der Waals surface area contributed by atoms with Gasteiger partial charge in [0.2, 0.25) is 0 Å². The number of carbonyl (C=O) groups excluding carboxylic acids is 1. The largest absolute Gasteiger partial charge is 0.351 e. The maximum atomic E-state index is 11.5. The van der Waals surface area contributed by atoms with Crippen LogP contribution in [-0.2, 0) is 19.6 Å². The van der Waals surface area contributed by atoms with Crippen LogP contribution < -0.4 is 5.73 Å². The van der Waals surface area contributed by atoms with Crippen LogP contribution in [0.15, 0.2) is 30.9 Å². The van der Waals surface area contributed by atoms with E-state index < -0.39 is 6.03 Å². The molecule has 0 radical (unpaired) electrons. The van der Waals surface area contributed by atoms with E-state index in [1.54, 1.807) is 17.3 Å². The summed E-state index contributed by atoms with van der Waals surface area (Å²) in [5.41, 5.74) is 5.43. The lowest BCUT2D eigenvalue weighted by Crippen LogP contribution is -2.38. The van der Waals surface area contributed by atoms with Crippen molar-refractivity contribution in [1.82, 2.24) is 24.2 Å². The zero-order chi connectivity index (χ0) is 13.2. The smallest absolute Gasteiger partial charge is 0.315 e. The molecule has 0 saturated carbocycles. The van der Waals surface area contributed by atoms with E-state index >= 15 is 0 Å². The second-order valence-corrected chi connectivity index (χ2v) is 4.81. The summed E-state index contributed by atoms with van der Waals surface area (Å²) in [7, 11) is 0. The van der Waals surface area contributed by atoms with Crippen LogP contribution in [0.2, 0.25) is 0 Å². The van der Waals surface area contributed by atoms with Crippen molar-refractivity contribution in [1.29, 1.82) is 0 Å². The SMILES string of the molecule is NC(=O)N1Cc2nccn2C[C@H](Cn2cccn2)C1. The molecule has 19 heavy (non-hydrogen) atoms. The van der Waals surface area contributed by atoms with E-state index in [0.29, 0.717) is 13.1 Å². The van der Waals surface area contributed by atoms with Crippen LogP contribution in [0.25, 0.3) is 0 Å². The number of nitrogens with zero attached hydrogens (tertiary/aromatic N) is 5. The fourth-order valence-electron chi connectivity index (χ4n) is 2.50. The van der Waals surface area contributed by atoms with E-state index in [9.17, 15) is 4.79 Å². The van der Waals surface area contributed by atoms with Gasteiger partial charge in [-0.15, -0.1) is 0 Å². The summed E-state index contributed by atoms with van der Waals surface area (Å²) in [5, 5.41) is 4.21. The highest BCUT2D eigenvalue weighted by Crippen LogP contribution is 2.16. The van der Waals surface area contributed by atoms with Gasteiger partial charge in [0.1, 0.15) is 5.82 Å². The second kappa shape index (κ2) is 4.75. The maximum absolute atomic E-state index is 11.5. The van der Waals surface area contributed by atoms with Crippen LogP contribution in [0.5, 0.6) is 0 Å². The molecule has 0 spiro atoms. The Morgan fingerprint density at radius 1 is 1.37 bits per heavy atom. The van der Waals surface area contributed by atoms with Crippen LogP contribution in [-0.4, -0.2) is 36.8 Å². The molecule has 0 aliphatic carbocycles. The first-order valence-electron chi connectivity index (χ1n) is 6.24. The third-order valence-corrected chi connectivity index (χ3v) is 3.38. The number of carbonyl (C=O) groups is 1. The number of fused-ring (bicyclic) bond motifs is 1. The van der Waals surface area contributed by atoms with Gasteiger partial charge in [-0.25, -0.2) is 9.78 Å². The Hall–Kier alpha value is -2.31. The van der Waals surface area contributed by atoms with Gasteiger partial charge in [0.05, 0.1) is 6.54 Å². The maximum Gasteiger partial charge on any atom is 0.315 e. The quantitative estimate of drug-likeness (QED) is 0.842. The molecule has 0 unspecified atom stereocenters. The third kappa shape index (κ3) is 2.44. The summed E-state index contributed by atoms with van der Waals surface area (Å²) in [6, 6.07) is 1.49. The minimum absolute atomic E-state index is 0.267. The van der Waals surface area contributed by atoms with E-state index in [1.807, 2.05) is 23.1 Å². The van der Waals surface area contributed by atoms with E-state index in [0.717, 1.165) is 18.9 Å². The molecule has 7 nitrogen and oxygen atoms in total. The van der Waals surface area contributed by atoms with Crippen LogP contribution in [0.4, 0.5) is 4.79 Å². The van der Waals surface area contributed by atoms with Crippen molar-refractivity contribution >= 4 is 6.03 Å². The molecular weight excluding hydrogens is 244 g/mol. The number of hydrogen-bond donors (Lipinski definition) is 1. The second-order valence-electron chi connectivity index (χ2n) is 4.81. The van der Waals surface area contributed by atoms with Crippen LogP contribution in [0, 0.1) is 5.92 Å². The molecule has 3 heterocycles. The molecule has 0 fully saturated rings. The van der Waals surface area contributed by atoms with Crippen LogP contribution in [0.1, 0.15) is 5.82 Å². The summed E-state index contributed by atoms with van der Waals surface area (Å²) in [4.78, 5) is 17.4. The number of primary amides is 1. The third-order valence-electron chi connectivity index (χ3n) is 3.38. The van der Waals surface area contributed by atoms with Gasteiger partial charge < -0.3 is 15.2 Å². The molecule has 2 aromatic heterocycles. The molecule has 0 aromatic carbocycles. The van der Waals surface area contributed by atoms with Crippen molar-refractivity contribution in [2.24, 2.45) is 11.7 Å². The molecule has 100 valence electrons. The monoisotopic (exact) mass is 260 g/mol. The number of hydrogen-bond acceptors (Lipinski definition) is 3. The fourth-order valence-corrected chi connectivity index (χ4v) is 2.50. The Bertz CT molecular complexity index is 561. The average Bonchev–Trinajstić information content (AvgIpc) is 2.98. The van der Waals surface area contributed by atoms with Gasteiger partial charge in [-0.3, -0.25) is 4.68 Å². The molecule has 1 aliphatic rings. The first-order chi connectivity index (χ1) is 9.22. The highest BCUT2D eigenvalue weighted by molar-refractivity contribution is 5.71. The number of amides is 2. The zero-order valence-corrected chi connectivity index (χ0v) is 10.5. The molecular formula is C12H16N6O. The van der Waals surface area contributed by atoms with Crippen molar-refractivity contribution in [2.45, 2.75) is 19.6 Å². The highest BCUT2D eigenvalue weighted by atomic mass is 16.2. The van der Waals surface area contributed by atoms with Crippen molar-refractivity contribution in [3.8, 4) is 0 Å². The molecule has 1 atom stereocenters. The lowest BCUT2D eigenvalue weighted by Gasteiger charge is -2.22. The van der Waals surface area contributed by atoms with Gasteiger partial charge >= 0.3 is 6.03 Å². The Morgan fingerprint density at radius 2 is 2.26 bits per heavy atom. The van der Waals surface area contributed by atoms with E-state index in [-0.39, 0.29) is 5.92 Å². The molecule has 2 aromatic rings. The van der Waals surface area contributed by atoms with Gasteiger partial charge in [-0.2, -0.15) is 5.10 Å². The Kier molecular flexibility index (Phi) is 2.94. The summed E-state index contributed by atoms with van der Waals surface area (Å²) in [5.74, 6) is 1.14. The van der Waals surface area contributed by atoms with E-state index in [1.165, 1.54) is 0 Å². The standard InChI is InChI=1S/C12H16N6O/c13-12(19)17-7-10(8-18-4-1-2-15-18)6-16-5-3-14-11(16)9-17/h1-5,10H,6-9H2,(H2,13,19)/t10-/m0/s1. The topological polar surface area (TPSA) is 82.0 Å². The van der Waals surface area contributed by atoms with E-state index in [4.69, 9.17) is 5.73 Å². The van der Waals surface area contributed by atoms with Gasteiger partial charge in [0.15, 0.2) is 0 Å². The fraction of sp³-hybridized carbons (Fsp3) is 0.417. The number of nitrogens with two attached hydrogens (primary N) is 1. The summed E-state index contributed by atoms with van der Waals surface area (Å²) in [6.07, 6.45) is 7.38. The number of imidazole rings is 1. The minimum atomic E-state index is -0.401. The summed E-state index contributed by atoms with van der Waals surface area (Å²) in [6.45, 7) is 2.67. The lowest BCUT2D eigenvalue weighted by molar-refractivity contribution is 0.191. The lowest BCUT2D eigenvalue weighted by atomic mass is 10.1. The Labute approximate surface area is 110 Å². The molecule has 7 heteroatoms. The molecule has 0 saturated heterocycles. The van der Waals surface area contributed by atoms with Crippen molar-refractivity contribution in [3.05, 3.63) is 36.7 Å². The molecule has 0 bridgehead atoms. The van der Waals surface area contributed by atoms with Crippen molar-refractivity contribution in [2.75, 3.05) is 6.54 Å². The van der Waals surface area contributed by atoms with Gasteiger partial charge in [0, 0.05) is 50.3 Å². The number of urea groups is 1. The zero-order valence-electron chi connectivity index (χ0n) is 10.5. The Morgan fingerprint density at radius 3 is 3.00 bits per heavy atom. The highest BCUT2D eigenvalue weighted by Gasteiger charge is 2.24. The first-order valence-corrected chi connectivity index (χ1v) is 6.24. The number of aromatic nitrogens is 4. The predicted molar refractivity (Wildman–Crippen MR) is 67.9 cm³/mol. The van der Waals surface area contributed by atoms with Crippen LogP contribution in [0.3, 0.4) is 0 Å². The van der Waals surface area contributed by atoms with Crippen LogP contribution >= 0.6 is 0 Å². The van der Waals surface area contributed by atoms with Crippen molar-refractivity contribution in [3.63, 3.8) is 0 Å². The molecule has 2 amide bonds.